The van der Waals surface area contributed by atoms with E-state index < -0.39 is 0 Å². The molecule has 2 aromatic rings. The third-order valence-corrected chi connectivity index (χ3v) is 2.66. The zero-order valence-electron chi connectivity index (χ0n) is 10.4. The van der Waals surface area contributed by atoms with Crippen molar-refractivity contribution in [1.82, 2.24) is 9.78 Å². The molecule has 1 aromatic heterocycles. The molecule has 1 aromatic carbocycles. The molecule has 0 spiro atoms. The van der Waals surface area contributed by atoms with E-state index in [1.165, 1.54) is 0 Å². The molecule has 0 saturated heterocycles. The van der Waals surface area contributed by atoms with Gasteiger partial charge in [0.15, 0.2) is 0 Å². The molecule has 90 valence electrons. The molecule has 0 amide bonds. The van der Waals surface area contributed by atoms with Crippen LogP contribution < -0.4 is 5.73 Å². The van der Waals surface area contributed by atoms with Gasteiger partial charge in [0.05, 0.1) is 5.69 Å². The zero-order chi connectivity index (χ0) is 12.3. The fraction of sp³-hybridized carbons (Fsp3) is 0.357. The third kappa shape index (κ3) is 2.74. The topological polar surface area (TPSA) is 43.8 Å². The summed E-state index contributed by atoms with van der Waals surface area (Å²) >= 11 is 0. The fourth-order valence-electron chi connectivity index (χ4n) is 1.92. The Bertz CT molecular complexity index is 471. The molecular weight excluding hydrogens is 210 g/mol. The minimum absolute atomic E-state index is 0.530. The molecule has 0 bridgehead atoms. The van der Waals surface area contributed by atoms with E-state index in [1.54, 1.807) is 0 Å². The zero-order valence-corrected chi connectivity index (χ0v) is 10.4. The van der Waals surface area contributed by atoms with E-state index in [0.717, 1.165) is 23.4 Å². The lowest BCUT2D eigenvalue weighted by Gasteiger charge is -2.03. The highest BCUT2D eigenvalue weighted by Gasteiger charge is 2.10. The molecule has 0 unspecified atom stereocenters. The van der Waals surface area contributed by atoms with Crippen molar-refractivity contribution in [3.05, 3.63) is 42.1 Å². The number of hydrogen-bond donors (Lipinski definition) is 1. The van der Waals surface area contributed by atoms with Crippen LogP contribution in [0.25, 0.3) is 11.3 Å². The Morgan fingerprint density at radius 3 is 2.53 bits per heavy atom. The van der Waals surface area contributed by atoms with Gasteiger partial charge in [0.25, 0.3) is 0 Å². The lowest BCUT2D eigenvalue weighted by Crippen LogP contribution is -2.04. The Hall–Kier alpha value is -1.61. The highest BCUT2D eigenvalue weighted by molar-refractivity contribution is 5.62. The Morgan fingerprint density at radius 2 is 1.94 bits per heavy atom. The number of benzene rings is 1. The molecule has 0 aliphatic heterocycles. The van der Waals surface area contributed by atoms with Gasteiger partial charge in [-0.3, -0.25) is 4.68 Å². The molecule has 1 heterocycles. The lowest BCUT2D eigenvalue weighted by atomic mass is 10.1. The molecule has 0 aliphatic carbocycles. The number of nitrogens with zero attached hydrogens (tertiary/aromatic N) is 2. The van der Waals surface area contributed by atoms with Crippen molar-refractivity contribution in [3.8, 4) is 11.3 Å². The predicted molar refractivity (Wildman–Crippen MR) is 70.4 cm³/mol. The first-order valence-corrected chi connectivity index (χ1v) is 6.02. The summed E-state index contributed by atoms with van der Waals surface area (Å²) < 4.78 is 2.00. The molecule has 0 aliphatic rings. The van der Waals surface area contributed by atoms with Gasteiger partial charge in [0.2, 0.25) is 0 Å². The Kier molecular flexibility index (Phi) is 3.59. The largest absolute Gasteiger partial charge is 0.326 e. The highest BCUT2D eigenvalue weighted by atomic mass is 15.3. The summed E-state index contributed by atoms with van der Waals surface area (Å²) in [5.41, 5.74) is 9.03. The van der Waals surface area contributed by atoms with Crippen molar-refractivity contribution >= 4 is 0 Å². The maximum Gasteiger partial charge on any atom is 0.0968 e. The van der Waals surface area contributed by atoms with Gasteiger partial charge >= 0.3 is 0 Å². The van der Waals surface area contributed by atoms with Crippen LogP contribution in [0.1, 0.15) is 19.4 Å². The molecule has 0 saturated carbocycles. The number of aromatic nitrogens is 2. The van der Waals surface area contributed by atoms with Crippen molar-refractivity contribution in [2.75, 3.05) is 0 Å². The van der Waals surface area contributed by atoms with E-state index in [1.807, 2.05) is 22.9 Å². The SMILES string of the molecule is CC(C)Cn1cc(CN)c(-c2ccccc2)n1. The van der Waals surface area contributed by atoms with Gasteiger partial charge in [-0.1, -0.05) is 44.2 Å². The molecule has 2 N–H and O–H groups in total. The molecule has 17 heavy (non-hydrogen) atoms. The monoisotopic (exact) mass is 229 g/mol. The summed E-state index contributed by atoms with van der Waals surface area (Å²) in [6.45, 7) is 5.83. The maximum absolute atomic E-state index is 5.78. The highest BCUT2D eigenvalue weighted by Crippen LogP contribution is 2.21. The van der Waals surface area contributed by atoms with Crippen molar-refractivity contribution in [2.45, 2.75) is 26.9 Å². The van der Waals surface area contributed by atoms with Gasteiger partial charge in [-0.15, -0.1) is 0 Å². The van der Waals surface area contributed by atoms with Crippen molar-refractivity contribution in [1.29, 1.82) is 0 Å². The van der Waals surface area contributed by atoms with E-state index in [9.17, 15) is 0 Å². The molecule has 0 atom stereocenters. The normalized spacial score (nSPS) is 11.1. The number of rotatable bonds is 4. The van der Waals surface area contributed by atoms with Gasteiger partial charge < -0.3 is 5.73 Å². The quantitative estimate of drug-likeness (QED) is 0.876. The van der Waals surface area contributed by atoms with E-state index in [0.29, 0.717) is 12.5 Å². The van der Waals surface area contributed by atoms with E-state index >= 15 is 0 Å². The van der Waals surface area contributed by atoms with Gasteiger partial charge in [-0.2, -0.15) is 5.10 Å². The number of nitrogens with two attached hydrogens (primary N) is 1. The smallest absolute Gasteiger partial charge is 0.0968 e. The second kappa shape index (κ2) is 5.15. The minimum atomic E-state index is 0.530. The van der Waals surface area contributed by atoms with Crippen LogP contribution in [0.5, 0.6) is 0 Å². The van der Waals surface area contributed by atoms with Gasteiger partial charge in [0.1, 0.15) is 0 Å². The molecule has 0 fully saturated rings. The predicted octanol–water partition coefficient (Wildman–Crippen LogP) is 2.66. The minimum Gasteiger partial charge on any atom is -0.326 e. The summed E-state index contributed by atoms with van der Waals surface area (Å²) in [6.07, 6.45) is 2.06. The summed E-state index contributed by atoms with van der Waals surface area (Å²) in [7, 11) is 0. The summed E-state index contributed by atoms with van der Waals surface area (Å²) in [5, 5.41) is 4.63. The maximum atomic E-state index is 5.78. The van der Waals surface area contributed by atoms with Gasteiger partial charge in [0, 0.05) is 30.4 Å². The molecule has 3 heteroatoms. The van der Waals surface area contributed by atoms with E-state index in [4.69, 9.17) is 5.73 Å². The Labute approximate surface area is 102 Å². The fourth-order valence-corrected chi connectivity index (χ4v) is 1.92. The van der Waals surface area contributed by atoms with Crippen LogP contribution in [0.2, 0.25) is 0 Å². The second-order valence-electron chi connectivity index (χ2n) is 4.69. The van der Waals surface area contributed by atoms with Crippen LogP contribution in [0, 0.1) is 5.92 Å². The van der Waals surface area contributed by atoms with Crippen molar-refractivity contribution < 1.29 is 0 Å². The van der Waals surface area contributed by atoms with Crippen LogP contribution >= 0.6 is 0 Å². The van der Waals surface area contributed by atoms with Crippen LogP contribution in [0.3, 0.4) is 0 Å². The first-order valence-electron chi connectivity index (χ1n) is 6.02. The third-order valence-electron chi connectivity index (χ3n) is 2.66. The van der Waals surface area contributed by atoms with Crippen LogP contribution in [-0.4, -0.2) is 9.78 Å². The second-order valence-corrected chi connectivity index (χ2v) is 4.69. The van der Waals surface area contributed by atoms with E-state index in [2.05, 4.69) is 37.3 Å². The number of hydrogen-bond acceptors (Lipinski definition) is 2. The van der Waals surface area contributed by atoms with Crippen LogP contribution in [0.4, 0.5) is 0 Å². The van der Waals surface area contributed by atoms with Crippen LogP contribution in [-0.2, 0) is 13.1 Å². The van der Waals surface area contributed by atoms with Crippen molar-refractivity contribution in [3.63, 3.8) is 0 Å². The standard InChI is InChI=1S/C14H19N3/c1-11(2)9-17-10-13(8-15)14(16-17)12-6-4-3-5-7-12/h3-7,10-11H,8-9,15H2,1-2H3. The molecule has 2 rings (SSSR count). The van der Waals surface area contributed by atoms with Crippen LogP contribution in [0.15, 0.2) is 36.5 Å². The first-order chi connectivity index (χ1) is 8.20. The Morgan fingerprint density at radius 1 is 1.24 bits per heavy atom. The lowest BCUT2D eigenvalue weighted by molar-refractivity contribution is 0.484. The summed E-state index contributed by atoms with van der Waals surface area (Å²) in [4.78, 5) is 0. The average Bonchev–Trinajstić information content (AvgIpc) is 2.72. The summed E-state index contributed by atoms with van der Waals surface area (Å²) in [6, 6.07) is 10.2. The van der Waals surface area contributed by atoms with E-state index in [-0.39, 0.29) is 0 Å². The van der Waals surface area contributed by atoms with Gasteiger partial charge in [-0.25, -0.2) is 0 Å². The first kappa shape index (κ1) is 11.9. The average molecular weight is 229 g/mol. The molecule has 0 radical (unpaired) electrons. The molecule has 3 nitrogen and oxygen atoms in total. The molecular formula is C14H19N3. The van der Waals surface area contributed by atoms with Crippen molar-refractivity contribution in [2.24, 2.45) is 11.7 Å². The van der Waals surface area contributed by atoms with Gasteiger partial charge in [-0.05, 0) is 5.92 Å². The summed E-state index contributed by atoms with van der Waals surface area (Å²) in [5.74, 6) is 0.587. The Balaban J connectivity index is 2.36.